The van der Waals surface area contributed by atoms with E-state index in [9.17, 15) is 9.79 Å². The van der Waals surface area contributed by atoms with E-state index in [1.165, 1.54) is 0 Å². The highest BCUT2D eigenvalue weighted by Crippen LogP contribution is 2.54. The van der Waals surface area contributed by atoms with Gasteiger partial charge in [0.05, 0.1) is 6.61 Å². The summed E-state index contributed by atoms with van der Waals surface area (Å²) < 4.78 is 5.64. The van der Waals surface area contributed by atoms with Crippen LogP contribution in [0, 0.1) is 11.8 Å². The van der Waals surface area contributed by atoms with Crippen LogP contribution in [0.3, 0.4) is 0 Å². The van der Waals surface area contributed by atoms with Gasteiger partial charge < -0.3 is 14.5 Å². The lowest BCUT2D eigenvalue weighted by Gasteiger charge is -2.23. The van der Waals surface area contributed by atoms with E-state index in [0.29, 0.717) is 12.5 Å². The van der Waals surface area contributed by atoms with E-state index in [4.69, 9.17) is 4.74 Å². The smallest absolute Gasteiger partial charge is 0.244 e. The Morgan fingerprint density at radius 3 is 2.20 bits per heavy atom. The SMILES string of the molecule is CCC(C)COC(SP(O)(O)=S)C(C)C. The average molecular weight is 272 g/mol. The molecule has 2 unspecified atom stereocenters. The molecule has 0 aromatic carbocycles. The third-order valence-corrected chi connectivity index (χ3v) is 5.41. The Morgan fingerprint density at radius 2 is 1.87 bits per heavy atom. The minimum Gasteiger partial charge on any atom is -0.367 e. The Labute approximate surface area is 102 Å². The van der Waals surface area contributed by atoms with Crippen LogP contribution < -0.4 is 0 Å². The van der Waals surface area contributed by atoms with E-state index in [-0.39, 0.29) is 11.4 Å². The van der Waals surface area contributed by atoms with Crippen molar-refractivity contribution in [1.82, 2.24) is 0 Å². The van der Waals surface area contributed by atoms with Crippen molar-refractivity contribution in [1.29, 1.82) is 0 Å². The van der Waals surface area contributed by atoms with E-state index < -0.39 is 5.69 Å². The average Bonchev–Trinajstić information content (AvgIpc) is 2.09. The molecule has 2 atom stereocenters. The summed E-state index contributed by atoms with van der Waals surface area (Å²) in [6.07, 6.45) is 1.06. The van der Waals surface area contributed by atoms with Gasteiger partial charge in [0.15, 0.2) is 0 Å². The predicted molar refractivity (Wildman–Crippen MR) is 70.3 cm³/mol. The van der Waals surface area contributed by atoms with Gasteiger partial charge >= 0.3 is 0 Å². The number of hydrogen-bond acceptors (Lipinski definition) is 3. The Hall–Kier alpha value is 0.880. The van der Waals surface area contributed by atoms with Crippen molar-refractivity contribution in [3.8, 4) is 0 Å². The van der Waals surface area contributed by atoms with Crippen molar-refractivity contribution in [2.45, 2.75) is 39.6 Å². The second kappa shape index (κ2) is 7.25. The van der Waals surface area contributed by atoms with Gasteiger partial charge in [-0.2, -0.15) is 0 Å². The third-order valence-electron chi connectivity index (χ3n) is 2.03. The Morgan fingerprint density at radius 1 is 1.33 bits per heavy atom. The quantitative estimate of drug-likeness (QED) is 0.551. The maximum atomic E-state index is 9.22. The van der Waals surface area contributed by atoms with Crippen molar-refractivity contribution in [2.24, 2.45) is 11.8 Å². The van der Waals surface area contributed by atoms with Gasteiger partial charge in [-0.1, -0.05) is 34.1 Å². The zero-order valence-corrected chi connectivity index (χ0v) is 12.2. The summed E-state index contributed by atoms with van der Waals surface area (Å²) >= 11 is 5.57. The molecule has 92 valence electrons. The van der Waals surface area contributed by atoms with Crippen LogP contribution >= 0.6 is 17.1 Å². The molecule has 0 aliphatic heterocycles. The lowest BCUT2D eigenvalue weighted by molar-refractivity contribution is 0.0605. The largest absolute Gasteiger partial charge is 0.367 e. The fourth-order valence-electron chi connectivity index (χ4n) is 0.857. The molecule has 0 saturated carbocycles. The number of rotatable bonds is 7. The van der Waals surface area contributed by atoms with Crippen LogP contribution in [0.2, 0.25) is 0 Å². The van der Waals surface area contributed by atoms with E-state index >= 15 is 0 Å². The zero-order chi connectivity index (χ0) is 12.1. The lowest BCUT2D eigenvalue weighted by Crippen LogP contribution is -2.19. The molecule has 0 fully saturated rings. The zero-order valence-electron chi connectivity index (χ0n) is 9.71. The van der Waals surface area contributed by atoms with E-state index in [2.05, 4.69) is 25.7 Å². The molecule has 2 N–H and O–H groups in total. The van der Waals surface area contributed by atoms with Crippen LogP contribution in [0.1, 0.15) is 34.1 Å². The summed E-state index contributed by atoms with van der Waals surface area (Å²) in [4.78, 5) is 18.4. The van der Waals surface area contributed by atoms with Crippen molar-refractivity contribution < 1.29 is 14.5 Å². The van der Waals surface area contributed by atoms with E-state index in [0.717, 1.165) is 17.8 Å². The van der Waals surface area contributed by atoms with Crippen LogP contribution in [0.25, 0.3) is 0 Å². The Bertz CT molecular complexity index is 217. The molecular weight excluding hydrogens is 251 g/mol. The Balaban J connectivity index is 4.12. The summed E-state index contributed by atoms with van der Waals surface area (Å²) in [7, 11) is 0. The van der Waals surface area contributed by atoms with Gasteiger partial charge in [-0.05, 0) is 35.0 Å². The minimum atomic E-state index is -3.22. The first-order valence-corrected chi connectivity index (χ1v) is 9.31. The fraction of sp³-hybridized carbons (Fsp3) is 1.00. The van der Waals surface area contributed by atoms with Crippen LogP contribution in [0.15, 0.2) is 0 Å². The normalized spacial score (nSPS) is 16.7. The fourth-order valence-corrected chi connectivity index (χ4v) is 4.00. The molecular formula is C9H21O3PS2. The summed E-state index contributed by atoms with van der Waals surface area (Å²) in [5, 5.41) is 0. The maximum absolute atomic E-state index is 9.22. The molecule has 0 bridgehead atoms. The van der Waals surface area contributed by atoms with Crippen molar-refractivity contribution in [2.75, 3.05) is 6.61 Å². The molecule has 0 aromatic heterocycles. The monoisotopic (exact) mass is 272 g/mol. The highest BCUT2D eigenvalue weighted by molar-refractivity contribution is 8.67. The van der Waals surface area contributed by atoms with Gasteiger partial charge in [0.25, 0.3) is 0 Å². The molecule has 3 nitrogen and oxygen atoms in total. The van der Waals surface area contributed by atoms with Gasteiger partial charge in [0, 0.05) is 0 Å². The standard InChI is InChI=1S/C9H21O3PS2/c1-5-8(4)6-12-9(7(2)3)15-13(10,11)14/h7-9H,5-6H2,1-4H3,(H2,10,11,14). The summed E-state index contributed by atoms with van der Waals surface area (Å²) in [6, 6.07) is 0. The highest BCUT2D eigenvalue weighted by atomic mass is 32.9. The van der Waals surface area contributed by atoms with Gasteiger partial charge in [-0.3, -0.25) is 0 Å². The minimum absolute atomic E-state index is 0.222. The Kier molecular flexibility index (Phi) is 7.68. The maximum Gasteiger partial charge on any atom is 0.244 e. The molecule has 0 aromatic rings. The first-order chi connectivity index (χ1) is 6.76. The topological polar surface area (TPSA) is 49.7 Å². The second-order valence-electron chi connectivity index (χ2n) is 4.06. The number of hydrogen-bond donors (Lipinski definition) is 2. The van der Waals surface area contributed by atoms with Crippen LogP contribution in [0.5, 0.6) is 0 Å². The van der Waals surface area contributed by atoms with Gasteiger partial charge in [-0.15, -0.1) is 0 Å². The van der Waals surface area contributed by atoms with Gasteiger partial charge in [-0.25, -0.2) is 0 Å². The summed E-state index contributed by atoms with van der Waals surface area (Å²) in [6.45, 7) is 8.82. The molecule has 0 heterocycles. The summed E-state index contributed by atoms with van der Waals surface area (Å²) in [5.74, 6) is 0.711. The molecule has 0 saturated heterocycles. The predicted octanol–water partition coefficient (Wildman–Crippen LogP) is 2.97. The highest BCUT2D eigenvalue weighted by Gasteiger charge is 2.22. The lowest BCUT2D eigenvalue weighted by atomic mass is 10.1. The van der Waals surface area contributed by atoms with E-state index in [1.807, 2.05) is 13.8 Å². The molecule has 0 spiro atoms. The van der Waals surface area contributed by atoms with Crippen molar-refractivity contribution in [3.05, 3.63) is 0 Å². The summed E-state index contributed by atoms with van der Waals surface area (Å²) in [5.41, 5.74) is -3.44. The second-order valence-corrected chi connectivity index (χ2v) is 10.1. The molecule has 0 rings (SSSR count). The van der Waals surface area contributed by atoms with Crippen molar-refractivity contribution >= 4 is 28.9 Å². The first kappa shape index (κ1) is 15.9. The van der Waals surface area contributed by atoms with Crippen LogP contribution in [0.4, 0.5) is 0 Å². The molecule has 0 amide bonds. The first-order valence-electron chi connectivity index (χ1n) is 5.11. The molecule has 15 heavy (non-hydrogen) atoms. The molecule has 0 aliphatic rings. The van der Waals surface area contributed by atoms with Gasteiger partial charge in [0.2, 0.25) is 5.69 Å². The van der Waals surface area contributed by atoms with Crippen LogP contribution in [-0.4, -0.2) is 21.8 Å². The molecule has 6 heteroatoms. The molecule has 0 aliphatic carbocycles. The van der Waals surface area contributed by atoms with Crippen LogP contribution in [-0.2, 0) is 16.5 Å². The van der Waals surface area contributed by atoms with Gasteiger partial charge in [0.1, 0.15) is 5.44 Å². The number of ether oxygens (including phenoxy) is 1. The molecule has 0 radical (unpaired) electrons. The van der Waals surface area contributed by atoms with Crippen molar-refractivity contribution in [3.63, 3.8) is 0 Å². The van der Waals surface area contributed by atoms with E-state index in [1.54, 1.807) is 0 Å². The third kappa shape index (κ3) is 8.66.